The lowest BCUT2D eigenvalue weighted by Crippen LogP contribution is -1.99. The Labute approximate surface area is 142 Å². The van der Waals surface area contributed by atoms with Crippen molar-refractivity contribution in [3.63, 3.8) is 0 Å². The molecule has 0 aliphatic carbocycles. The number of nitrogens with zero attached hydrogens (tertiary/aromatic N) is 4. The van der Waals surface area contributed by atoms with Crippen molar-refractivity contribution in [1.82, 2.24) is 30.1 Å². The molecule has 0 atom stereocenters. The molecule has 0 radical (unpaired) electrons. The fraction of sp³-hybridized carbons (Fsp3) is 0.125. The van der Waals surface area contributed by atoms with Gasteiger partial charge in [-0.25, -0.2) is 4.98 Å². The van der Waals surface area contributed by atoms with Crippen LogP contribution in [0, 0.1) is 13.8 Å². The van der Waals surface area contributed by atoms with E-state index >= 15 is 0 Å². The molecular weight excluding hydrogens is 326 g/mol. The van der Waals surface area contributed by atoms with Gasteiger partial charge in [0.25, 0.3) is 0 Å². The summed E-state index contributed by atoms with van der Waals surface area (Å²) in [6.07, 6.45) is 1.56. The van der Waals surface area contributed by atoms with E-state index in [1.807, 2.05) is 32.0 Å². The van der Waals surface area contributed by atoms with Gasteiger partial charge in [0.15, 0.2) is 11.5 Å². The molecule has 0 fully saturated rings. The first-order valence-electron chi connectivity index (χ1n) is 7.37. The number of aryl methyl sites for hydroxylation is 2. The Morgan fingerprint density at radius 2 is 2.00 bits per heavy atom. The number of rotatable bonds is 3. The van der Waals surface area contributed by atoms with E-state index in [1.165, 1.54) is 0 Å². The van der Waals surface area contributed by atoms with Crippen molar-refractivity contribution in [3.8, 4) is 11.3 Å². The van der Waals surface area contributed by atoms with Crippen molar-refractivity contribution in [3.05, 3.63) is 47.1 Å². The highest BCUT2D eigenvalue weighted by atomic mass is 35.5. The average Bonchev–Trinajstić information content (AvgIpc) is 3.17. The topological polar surface area (TPSA) is 95.2 Å². The van der Waals surface area contributed by atoms with Gasteiger partial charge >= 0.3 is 0 Å². The van der Waals surface area contributed by atoms with E-state index in [0.29, 0.717) is 17.0 Å². The van der Waals surface area contributed by atoms with Gasteiger partial charge < -0.3 is 10.3 Å². The van der Waals surface area contributed by atoms with Gasteiger partial charge in [-0.2, -0.15) is 15.1 Å². The Morgan fingerprint density at radius 3 is 2.79 bits per heavy atom. The number of anilines is 2. The number of aromatic amines is 2. The molecule has 0 saturated heterocycles. The second-order valence-corrected chi connectivity index (χ2v) is 5.89. The third kappa shape index (κ3) is 2.59. The van der Waals surface area contributed by atoms with Crippen LogP contribution in [0.3, 0.4) is 0 Å². The molecule has 3 heterocycles. The Kier molecular flexibility index (Phi) is 3.42. The Hall–Kier alpha value is -2.93. The van der Waals surface area contributed by atoms with Crippen molar-refractivity contribution in [1.29, 1.82) is 0 Å². The molecule has 7 nitrogen and oxygen atoms in total. The summed E-state index contributed by atoms with van der Waals surface area (Å²) in [5.74, 6) is 0.569. The van der Waals surface area contributed by atoms with Gasteiger partial charge in [0.05, 0.1) is 12.0 Å². The fourth-order valence-corrected chi connectivity index (χ4v) is 2.72. The molecule has 1 aromatic carbocycles. The van der Waals surface area contributed by atoms with E-state index in [1.54, 1.807) is 6.33 Å². The summed E-state index contributed by atoms with van der Waals surface area (Å²) in [4.78, 5) is 15.5. The first kappa shape index (κ1) is 14.6. The molecule has 0 saturated carbocycles. The van der Waals surface area contributed by atoms with Gasteiger partial charge in [0, 0.05) is 16.9 Å². The van der Waals surface area contributed by atoms with Crippen molar-refractivity contribution in [2.75, 3.05) is 5.32 Å². The Bertz CT molecular complexity index is 1030. The normalized spacial score (nSPS) is 11.1. The van der Waals surface area contributed by atoms with Crippen molar-refractivity contribution in [2.45, 2.75) is 13.8 Å². The molecule has 0 bridgehead atoms. The second-order valence-electron chi connectivity index (χ2n) is 5.55. The van der Waals surface area contributed by atoms with E-state index in [0.717, 1.165) is 28.2 Å². The molecule has 4 rings (SSSR count). The maximum atomic E-state index is 6.00. The quantitative estimate of drug-likeness (QED) is 0.494. The third-order valence-electron chi connectivity index (χ3n) is 3.67. The lowest BCUT2D eigenvalue weighted by molar-refractivity contribution is 1.05. The molecule has 0 aliphatic rings. The molecule has 3 N–H and O–H groups in total. The molecule has 0 spiro atoms. The summed E-state index contributed by atoms with van der Waals surface area (Å²) >= 11 is 6.00. The number of halogens is 1. The molecule has 8 heteroatoms. The number of nitrogens with one attached hydrogen (secondary N) is 3. The zero-order valence-corrected chi connectivity index (χ0v) is 13.8. The zero-order valence-electron chi connectivity index (χ0n) is 13.1. The smallest absolute Gasteiger partial charge is 0.226 e. The monoisotopic (exact) mass is 339 g/mol. The number of hydrogen-bond donors (Lipinski definition) is 3. The minimum Gasteiger partial charge on any atom is -0.340 e. The summed E-state index contributed by atoms with van der Waals surface area (Å²) in [7, 11) is 0. The molecule has 0 aliphatic heterocycles. The lowest BCUT2D eigenvalue weighted by Gasteiger charge is -2.11. The molecule has 24 heavy (non-hydrogen) atoms. The standard InChI is InChI=1S/C16H14ClN7/c1-8-3-4-11(10(5-8)12-6-9(2)23-24-12)20-15-13-14(19-7-18-13)21-16(17)22-15/h3-7H,1-2H3,(H,23,24)(H2,18,19,20,21,22). The highest BCUT2D eigenvalue weighted by Crippen LogP contribution is 2.31. The summed E-state index contributed by atoms with van der Waals surface area (Å²) in [5.41, 5.74) is 6.06. The van der Waals surface area contributed by atoms with Gasteiger partial charge in [0.1, 0.15) is 5.52 Å². The van der Waals surface area contributed by atoms with Gasteiger partial charge in [0.2, 0.25) is 5.28 Å². The lowest BCUT2D eigenvalue weighted by atomic mass is 10.1. The van der Waals surface area contributed by atoms with Crippen LogP contribution in [0.25, 0.3) is 22.4 Å². The third-order valence-corrected chi connectivity index (χ3v) is 3.84. The summed E-state index contributed by atoms with van der Waals surface area (Å²) in [6, 6.07) is 8.09. The van der Waals surface area contributed by atoms with Gasteiger partial charge in [-0.3, -0.25) is 5.10 Å². The molecule has 4 aromatic rings. The van der Waals surface area contributed by atoms with Crippen molar-refractivity contribution < 1.29 is 0 Å². The highest BCUT2D eigenvalue weighted by Gasteiger charge is 2.13. The molecular formula is C16H14ClN7. The largest absolute Gasteiger partial charge is 0.340 e. The van der Waals surface area contributed by atoms with E-state index < -0.39 is 0 Å². The predicted octanol–water partition coefficient (Wildman–Crippen LogP) is 3.76. The number of benzene rings is 1. The number of imidazole rings is 1. The SMILES string of the molecule is Cc1ccc(Nc2nc(Cl)nc3nc[nH]c23)c(-c2cc(C)[nH]n2)c1. The van der Waals surface area contributed by atoms with Crippen LogP contribution in [0.4, 0.5) is 11.5 Å². The maximum absolute atomic E-state index is 6.00. The fourth-order valence-electron chi connectivity index (χ4n) is 2.56. The molecule has 120 valence electrons. The van der Waals surface area contributed by atoms with Crippen LogP contribution >= 0.6 is 11.6 Å². The predicted molar refractivity (Wildman–Crippen MR) is 93.5 cm³/mol. The van der Waals surface area contributed by atoms with E-state index in [2.05, 4.69) is 41.5 Å². The Morgan fingerprint density at radius 1 is 1.12 bits per heavy atom. The van der Waals surface area contributed by atoms with Gasteiger partial charge in [-0.1, -0.05) is 11.6 Å². The van der Waals surface area contributed by atoms with Crippen LogP contribution in [-0.2, 0) is 0 Å². The van der Waals surface area contributed by atoms with Crippen LogP contribution in [0.5, 0.6) is 0 Å². The molecule has 0 unspecified atom stereocenters. The van der Waals surface area contributed by atoms with Crippen molar-refractivity contribution >= 4 is 34.3 Å². The second kappa shape index (κ2) is 5.61. The highest BCUT2D eigenvalue weighted by molar-refractivity contribution is 6.28. The van der Waals surface area contributed by atoms with Crippen LogP contribution in [0.2, 0.25) is 5.28 Å². The summed E-state index contributed by atoms with van der Waals surface area (Å²) in [6.45, 7) is 4.01. The molecule has 0 amide bonds. The van der Waals surface area contributed by atoms with Crippen LogP contribution in [0.1, 0.15) is 11.3 Å². The number of H-pyrrole nitrogens is 2. The number of aromatic nitrogens is 6. The Balaban J connectivity index is 1.83. The van der Waals surface area contributed by atoms with Crippen LogP contribution in [-0.4, -0.2) is 30.1 Å². The van der Waals surface area contributed by atoms with E-state index in [4.69, 9.17) is 11.6 Å². The summed E-state index contributed by atoms with van der Waals surface area (Å²) in [5, 5.41) is 10.8. The number of fused-ring (bicyclic) bond motifs is 1. The van der Waals surface area contributed by atoms with E-state index in [-0.39, 0.29) is 5.28 Å². The van der Waals surface area contributed by atoms with Crippen molar-refractivity contribution in [2.24, 2.45) is 0 Å². The van der Waals surface area contributed by atoms with Gasteiger partial charge in [-0.05, 0) is 43.6 Å². The number of hydrogen-bond acceptors (Lipinski definition) is 5. The van der Waals surface area contributed by atoms with E-state index in [9.17, 15) is 0 Å². The minimum atomic E-state index is 0.140. The average molecular weight is 340 g/mol. The maximum Gasteiger partial charge on any atom is 0.226 e. The molecule has 3 aromatic heterocycles. The van der Waals surface area contributed by atoms with Crippen LogP contribution in [0.15, 0.2) is 30.6 Å². The zero-order chi connectivity index (χ0) is 16.7. The minimum absolute atomic E-state index is 0.140. The first-order valence-corrected chi connectivity index (χ1v) is 7.74. The van der Waals surface area contributed by atoms with Crippen LogP contribution < -0.4 is 5.32 Å². The van der Waals surface area contributed by atoms with Gasteiger partial charge in [-0.15, -0.1) is 0 Å². The summed E-state index contributed by atoms with van der Waals surface area (Å²) < 4.78 is 0. The first-order chi connectivity index (χ1) is 11.6.